The number of fused-ring (bicyclic) bond motifs is 1. The van der Waals surface area contributed by atoms with Crippen LogP contribution < -0.4 is 4.80 Å². The Labute approximate surface area is 178 Å². The first-order valence-corrected chi connectivity index (χ1v) is 11.2. The van der Waals surface area contributed by atoms with Crippen molar-refractivity contribution in [3.63, 3.8) is 0 Å². The molecule has 0 unspecified atom stereocenters. The van der Waals surface area contributed by atoms with Crippen molar-refractivity contribution in [2.75, 3.05) is 0 Å². The Morgan fingerprint density at radius 1 is 1.03 bits per heavy atom. The van der Waals surface area contributed by atoms with E-state index in [1.54, 1.807) is 29.9 Å². The van der Waals surface area contributed by atoms with Gasteiger partial charge < -0.3 is 9.52 Å². The minimum atomic E-state index is 0.207. The van der Waals surface area contributed by atoms with E-state index < -0.39 is 0 Å². The number of benzene rings is 2. The molecule has 1 N–H and O–H groups in total. The molecule has 1 aliphatic rings. The van der Waals surface area contributed by atoms with E-state index in [9.17, 15) is 5.11 Å². The van der Waals surface area contributed by atoms with Gasteiger partial charge in [0.2, 0.25) is 4.80 Å². The summed E-state index contributed by atoms with van der Waals surface area (Å²) < 4.78 is 7.46. The number of phenols is 1. The van der Waals surface area contributed by atoms with Crippen molar-refractivity contribution in [2.45, 2.75) is 38.1 Å². The summed E-state index contributed by atoms with van der Waals surface area (Å²) in [4.78, 5) is 5.86. The van der Waals surface area contributed by atoms with Crippen LogP contribution in [0, 0.1) is 0 Å². The number of hydrogen-bond donors (Lipinski definition) is 1. The Morgan fingerprint density at radius 3 is 2.73 bits per heavy atom. The maximum atomic E-state index is 10.5. The Hall–Kier alpha value is -3.12. The highest BCUT2D eigenvalue weighted by molar-refractivity contribution is 7.07. The molecule has 0 amide bonds. The molecule has 1 fully saturated rings. The van der Waals surface area contributed by atoms with Crippen molar-refractivity contribution in [1.29, 1.82) is 0 Å². The molecule has 0 bridgehead atoms. The zero-order valence-corrected chi connectivity index (χ0v) is 17.4. The van der Waals surface area contributed by atoms with Crippen LogP contribution in [0.5, 0.6) is 5.75 Å². The molecule has 0 saturated heterocycles. The fraction of sp³-hybridized carbons (Fsp3) is 0.250. The van der Waals surface area contributed by atoms with Crippen LogP contribution in [0.25, 0.3) is 22.2 Å². The molecule has 5 nitrogen and oxygen atoms in total. The smallest absolute Gasteiger partial charge is 0.206 e. The summed E-state index contributed by atoms with van der Waals surface area (Å²) in [6.45, 7) is 0. The first-order valence-electron chi connectivity index (χ1n) is 10.3. The van der Waals surface area contributed by atoms with Gasteiger partial charge in [0.05, 0.1) is 18.5 Å². The molecule has 2 aromatic carbocycles. The predicted molar refractivity (Wildman–Crippen MR) is 121 cm³/mol. The van der Waals surface area contributed by atoms with Crippen molar-refractivity contribution < 1.29 is 9.52 Å². The number of aromatic nitrogens is 1. The fourth-order valence-electron chi connectivity index (χ4n) is 4.00. The highest BCUT2D eigenvalue weighted by Crippen LogP contribution is 2.26. The molecule has 152 valence electrons. The SMILES string of the molecule is Oc1ccc2ccccc2c1C=Nn1c(-c2ccco2)csc1=NC1CCCCC1. The quantitative estimate of drug-likeness (QED) is 0.428. The third-order valence-corrected chi connectivity index (χ3v) is 6.41. The van der Waals surface area contributed by atoms with E-state index in [2.05, 4.69) is 0 Å². The average molecular weight is 418 g/mol. The lowest BCUT2D eigenvalue weighted by Gasteiger charge is -2.16. The zero-order valence-electron chi connectivity index (χ0n) is 16.6. The molecule has 4 aromatic rings. The van der Waals surface area contributed by atoms with Crippen LogP contribution in [-0.2, 0) is 0 Å². The highest BCUT2D eigenvalue weighted by Gasteiger charge is 2.15. The van der Waals surface area contributed by atoms with Crippen LogP contribution in [0.4, 0.5) is 0 Å². The number of phenolic OH excluding ortho intramolecular Hbond substituents is 1. The van der Waals surface area contributed by atoms with Gasteiger partial charge in [0.15, 0.2) is 5.76 Å². The van der Waals surface area contributed by atoms with Gasteiger partial charge in [-0.2, -0.15) is 5.10 Å². The van der Waals surface area contributed by atoms with E-state index in [-0.39, 0.29) is 5.75 Å². The van der Waals surface area contributed by atoms with E-state index in [1.165, 1.54) is 19.3 Å². The lowest BCUT2D eigenvalue weighted by Crippen LogP contribution is -2.18. The molecule has 0 spiro atoms. The summed E-state index contributed by atoms with van der Waals surface area (Å²) >= 11 is 1.57. The molecule has 2 heterocycles. The third kappa shape index (κ3) is 3.71. The van der Waals surface area contributed by atoms with Gasteiger partial charge in [-0.05, 0) is 41.8 Å². The van der Waals surface area contributed by atoms with E-state index >= 15 is 0 Å². The van der Waals surface area contributed by atoms with Gasteiger partial charge in [-0.1, -0.05) is 49.6 Å². The monoisotopic (exact) mass is 417 g/mol. The highest BCUT2D eigenvalue weighted by atomic mass is 32.1. The molecule has 1 saturated carbocycles. The van der Waals surface area contributed by atoms with Gasteiger partial charge in [-0.25, -0.2) is 4.68 Å². The number of aromatic hydroxyl groups is 1. The van der Waals surface area contributed by atoms with Crippen LogP contribution in [0.1, 0.15) is 37.7 Å². The summed E-state index contributed by atoms with van der Waals surface area (Å²) in [6, 6.07) is 15.7. The number of nitrogens with zero attached hydrogens (tertiary/aromatic N) is 3. The fourth-order valence-corrected chi connectivity index (χ4v) is 4.88. The van der Waals surface area contributed by atoms with Crippen molar-refractivity contribution in [2.24, 2.45) is 10.1 Å². The first kappa shape index (κ1) is 18.9. The van der Waals surface area contributed by atoms with Crippen molar-refractivity contribution in [3.8, 4) is 17.2 Å². The molecule has 6 heteroatoms. The maximum absolute atomic E-state index is 10.5. The molecular formula is C24H23N3O2S. The topological polar surface area (TPSA) is 63.0 Å². The second-order valence-electron chi connectivity index (χ2n) is 7.58. The minimum Gasteiger partial charge on any atom is -0.507 e. The summed E-state index contributed by atoms with van der Waals surface area (Å²) in [5.74, 6) is 0.953. The number of rotatable bonds is 4. The third-order valence-electron chi connectivity index (χ3n) is 5.58. The summed E-state index contributed by atoms with van der Waals surface area (Å²) in [5, 5.41) is 19.3. The summed E-state index contributed by atoms with van der Waals surface area (Å²) in [5.41, 5.74) is 1.55. The van der Waals surface area contributed by atoms with Crippen LogP contribution >= 0.6 is 11.3 Å². The molecule has 0 aliphatic heterocycles. The molecule has 0 radical (unpaired) electrons. The molecule has 0 atom stereocenters. The van der Waals surface area contributed by atoms with Gasteiger partial charge in [-0.3, -0.25) is 4.99 Å². The Kier molecular flexibility index (Phi) is 5.24. The van der Waals surface area contributed by atoms with Crippen LogP contribution in [0.2, 0.25) is 0 Å². The van der Waals surface area contributed by atoms with Crippen LogP contribution in [-0.4, -0.2) is 22.0 Å². The Balaban J connectivity index is 1.62. The minimum absolute atomic E-state index is 0.207. The summed E-state index contributed by atoms with van der Waals surface area (Å²) in [7, 11) is 0. The Bertz CT molecular complexity index is 1250. The lowest BCUT2D eigenvalue weighted by atomic mass is 9.96. The van der Waals surface area contributed by atoms with E-state index in [0.29, 0.717) is 11.6 Å². The second-order valence-corrected chi connectivity index (χ2v) is 8.41. The molecule has 5 rings (SSSR count). The maximum Gasteiger partial charge on any atom is 0.206 e. The van der Waals surface area contributed by atoms with Crippen LogP contribution in [0.3, 0.4) is 0 Å². The lowest BCUT2D eigenvalue weighted by molar-refractivity contribution is 0.435. The first-order chi connectivity index (χ1) is 14.8. The van der Waals surface area contributed by atoms with Gasteiger partial charge >= 0.3 is 0 Å². The van der Waals surface area contributed by atoms with Crippen molar-refractivity contribution in [3.05, 3.63) is 70.5 Å². The summed E-state index contributed by atoms with van der Waals surface area (Å²) in [6.07, 6.45) is 9.40. The van der Waals surface area contributed by atoms with Gasteiger partial charge in [0, 0.05) is 10.9 Å². The Morgan fingerprint density at radius 2 is 1.90 bits per heavy atom. The predicted octanol–water partition coefficient (Wildman–Crippen LogP) is 5.78. The number of hydrogen-bond acceptors (Lipinski definition) is 5. The van der Waals surface area contributed by atoms with E-state index in [1.807, 2.05) is 52.5 Å². The molecule has 2 aromatic heterocycles. The zero-order chi connectivity index (χ0) is 20.3. The van der Waals surface area contributed by atoms with Gasteiger partial charge in [0.1, 0.15) is 11.4 Å². The van der Waals surface area contributed by atoms with Gasteiger partial charge in [0.25, 0.3) is 0 Å². The second kappa shape index (κ2) is 8.32. The standard InChI is InChI=1S/C24H23N3O2S/c28-22-13-12-17-7-4-5-10-19(17)20(22)15-25-27-21(23-11-6-14-29-23)16-30-24(27)26-18-8-2-1-3-9-18/h4-7,10-16,18,28H,1-3,8-9H2. The van der Waals surface area contributed by atoms with Gasteiger partial charge in [-0.15, -0.1) is 11.3 Å². The van der Waals surface area contributed by atoms with E-state index in [4.69, 9.17) is 14.5 Å². The largest absolute Gasteiger partial charge is 0.507 e. The van der Waals surface area contributed by atoms with E-state index in [0.717, 1.165) is 39.9 Å². The molecule has 30 heavy (non-hydrogen) atoms. The average Bonchev–Trinajstić information content (AvgIpc) is 3.44. The van der Waals surface area contributed by atoms with Crippen LogP contribution in [0.15, 0.2) is 74.7 Å². The number of thiazole rings is 1. The molecule has 1 aliphatic carbocycles. The van der Waals surface area contributed by atoms with Crippen molar-refractivity contribution in [1.82, 2.24) is 4.68 Å². The van der Waals surface area contributed by atoms with Crippen molar-refractivity contribution >= 4 is 28.3 Å². The number of furan rings is 1. The molecular weight excluding hydrogens is 394 g/mol. The normalized spacial score (nSPS) is 16.1.